The van der Waals surface area contributed by atoms with Gasteiger partial charge in [-0.3, -0.25) is 10.1 Å². The lowest BCUT2D eigenvalue weighted by Crippen LogP contribution is -2.34. The second-order valence-corrected chi connectivity index (χ2v) is 7.62. The molecule has 0 aliphatic carbocycles. The van der Waals surface area contributed by atoms with Crippen molar-refractivity contribution in [1.29, 1.82) is 0 Å². The summed E-state index contributed by atoms with van der Waals surface area (Å²) in [6, 6.07) is 24.7. The Bertz CT molecular complexity index is 1010. The Balaban J connectivity index is 1.52. The second kappa shape index (κ2) is 12.5. The van der Waals surface area contributed by atoms with Gasteiger partial charge in [0.2, 0.25) is 0 Å². The standard InChI is InChI=1S/C26H28N2O3S/c1-2-3-18-30-22-15-13-21(14-16-22)27-26(32)28-25(29)23-11-7-8-12-24(23)31-19-17-20-9-5-4-6-10-20/h4-16H,2-3,17-19H2,1H3,(H2,27,28,29,32). The minimum Gasteiger partial charge on any atom is -0.494 e. The number of unbranched alkanes of at least 4 members (excludes halogenated alkanes) is 1. The van der Waals surface area contributed by atoms with Crippen LogP contribution in [0.4, 0.5) is 5.69 Å². The molecular formula is C26H28N2O3S. The molecule has 1 amide bonds. The lowest BCUT2D eigenvalue weighted by atomic mass is 10.1. The summed E-state index contributed by atoms with van der Waals surface area (Å²) in [5.41, 5.74) is 2.39. The number of rotatable bonds is 10. The van der Waals surface area contributed by atoms with Gasteiger partial charge >= 0.3 is 0 Å². The fraction of sp³-hybridized carbons (Fsp3) is 0.231. The van der Waals surface area contributed by atoms with Crippen LogP contribution in [0.25, 0.3) is 0 Å². The number of carbonyl (C=O) groups is 1. The number of nitrogens with one attached hydrogen (secondary N) is 2. The number of para-hydroxylation sites is 1. The number of ether oxygens (including phenoxy) is 2. The van der Waals surface area contributed by atoms with E-state index in [9.17, 15) is 4.79 Å². The minimum atomic E-state index is -0.322. The highest BCUT2D eigenvalue weighted by Crippen LogP contribution is 2.19. The van der Waals surface area contributed by atoms with E-state index in [0.29, 0.717) is 24.5 Å². The van der Waals surface area contributed by atoms with Crippen LogP contribution in [0.2, 0.25) is 0 Å². The van der Waals surface area contributed by atoms with Crippen molar-refractivity contribution in [3.63, 3.8) is 0 Å². The lowest BCUT2D eigenvalue weighted by molar-refractivity contribution is 0.0974. The summed E-state index contributed by atoms with van der Waals surface area (Å²) in [4.78, 5) is 12.8. The van der Waals surface area contributed by atoms with Crippen molar-refractivity contribution < 1.29 is 14.3 Å². The molecule has 0 aliphatic heterocycles. The van der Waals surface area contributed by atoms with Gasteiger partial charge in [-0.1, -0.05) is 55.8 Å². The first-order valence-corrected chi connectivity index (χ1v) is 11.2. The summed E-state index contributed by atoms with van der Waals surface area (Å²) in [6.07, 6.45) is 2.87. The summed E-state index contributed by atoms with van der Waals surface area (Å²) in [5.74, 6) is 1.01. The van der Waals surface area contributed by atoms with Gasteiger partial charge in [-0.15, -0.1) is 0 Å². The third-order valence-corrected chi connectivity index (χ3v) is 4.93. The van der Waals surface area contributed by atoms with Gasteiger partial charge in [-0.25, -0.2) is 0 Å². The van der Waals surface area contributed by atoms with Gasteiger partial charge < -0.3 is 14.8 Å². The predicted octanol–water partition coefficient (Wildman–Crippen LogP) is 5.61. The van der Waals surface area contributed by atoms with E-state index in [1.807, 2.05) is 48.5 Å². The number of hydrogen-bond donors (Lipinski definition) is 2. The Morgan fingerprint density at radius 2 is 1.59 bits per heavy atom. The van der Waals surface area contributed by atoms with Gasteiger partial charge in [-0.2, -0.15) is 0 Å². The maximum Gasteiger partial charge on any atom is 0.261 e. The Morgan fingerprint density at radius 3 is 2.34 bits per heavy atom. The van der Waals surface area contributed by atoms with Crippen LogP contribution in [-0.4, -0.2) is 24.2 Å². The molecule has 0 aromatic heterocycles. The maximum atomic E-state index is 12.8. The van der Waals surface area contributed by atoms with Gasteiger partial charge in [0, 0.05) is 12.1 Å². The number of carbonyl (C=O) groups excluding carboxylic acids is 1. The third-order valence-electron chi connectivity index (χ3n) is 4.73. The van der Waals surface area contributed by atoms with E-state index in [0.717, 1.165) is 30.7 Å². The zero-order valence-electron chi connectivity index (χ0n) is 18.2. The van der Waals surface area contributed by atoms with E-state index < -0.39 is 0 Å². The van der Waals surface area contributed by atoms with E-state index in [1.54, 1.807) is 18.2 Å². The summed E-state index contributed by atoms with van der Waals surface area (Å²) in [5, 5.41) is 5.96. The van der Waals surface area contributed by atoms with E-state index in [-0.39, 0.29) is 11.0 Å². The lowest BCUT2D eigenvalue weighted by Gasteiger charge is -2.13. The highest BCUT2D eigenvalue weighted by atomic mass is 32.1. The molecule has 2 N–H and O–H groups in total. The van der Waals surface area contributed by atoms with Crippen LogP contribution >= 0.6 is 12.2 Å². The van der Waals surface area contributed by atoms with Gasteiger partial charge in [0.25, 0.3) is 5.91 Å². The van der Waals surface area contributed by atoms with Crippen molar-refractivity contribution in [2.24, 2.45) is 0 Å². The van der Waals surface area contributed by atoms with Crippen molar-refractivity contribution in [2.45, 2.75) is 26.2 Å². The topological polar surface area (TPSA) is 59.6 Å². The normalized spacial score (nSPS) is 10.3. The van der Waals surface area contributed by atoms with E-state index >= 15 is 0 Å². The molecule has 3 aromatic rings. The molecule has 0 aliphatic rings. The average molecular weight is 449 g/mol. The number of benzene rings is 3. The van der Waals surface area contributed by atoms with E-state index in [4.69, 9.17) is 21.7 Å². The van der Waals surface area contributed by atoms with Crippen molar-refractivity contribution >= 4 is 28.9 Å². The van der Waals surface area contributed by atoms with Crippen LogP contribution in [0.5, 0.6) is 11.5 Å². The van der Waals surface area contributed by atoms with E-state index in [1.165, 1.54) is 5.56 Å². The molecule has 0 bridgehead atoms. The van der Waals surface area contributed by atoms with Crippen LogP contribution < -0.4 is 20.1 Å². The van der Waals surface area contributed by atoms with Crippen LogP contribution in [0.3, 0.4) is 0 Å². The first-order valence-electron chi connectivity index (χ1n) is 10.8. The molecule has 0 spiro atoms. The molecule has 0 heterocycles. The predicted molar refractivity (Wildman–Crippen MR) is 133 cm³/mol. The molecule has 6 heteroatoms. The molecule has 0 unspecified atom stereocenters. The summed E-state index contributed by atoms with van der Waals surface area (Å²) < 4.78 is 11.5. The molecule has 0 fully saturated rings. The highest BCUT2D eigenvalue weighted by molar-refractivity contribution is 7.80. The fourth-order valence-electron chi connectivity index (χ4n) is 3.01. The summed E-state index contributed by atoms with van der Waals surface area (Å²) in [7, 11) is 0. The zero-order valence-corrected chi connectivity index (χ0v) is 19.0. The maximum absolute atomic E-state index is 12.8. The first-order chi connectivity index (χ1) is 15.7. The van der Waals surface area contributed by atoms with Crippen LogP contribution in [0.1, 0.15) is 35.7 Å². The zero-order chi connectivity index (χ0) is 22.6. The number of hydrogen-bond acceptors (Lipinski definition) is 4. The molecule has 166 valence electrons. The molecule has 3 rings (SSSR count). The third kappa shape index (κ3) is 7.39. The average Bonchev–Trinajstić information content (AvgIpc) is 2.81. The van der Waals surface area contributed by atoms with Gasteiger partial charge in [0.1, 0.15) is 11.5 Å². The van der Waals surface area contributed by atoms with E-state index in [2.05, 4.69) is 29.7 Å². The molecule has 5 nitrogen and oxygen atoms in total. The molecule has 0 radical (unpaired) electrons. The summed E-state index contributed by atoms with van der Waals surface area (Å²) in [6.45, 7) is 3.30. The SMILES string of the molecule is CCCCOc1ccc(NC(=S)NC(=O)c2ccccc2OCCc2ccccc2)cc1. The molecule has 0 saturated heterocycles. The smallest absolute Gasteiger partial charge is 0.261 e. The molecule has 32 heavy (non-hydrogen) atoms. The Labute approximate surface area is 194 Å². The van der Waals surface area contributed by atoms with Gasteiger partial charge in [-0.05, 0) is 60.6 Å². The van der Waals surface area contributed by atoms with Crippen molar-refractivity contribution in [3.8, 4) is 11.5 Å². The first kappa shape index (κ1) is 23.3. The van der Waals surface area contributed by atoms with Crippen molar-refractivity contribution in [2.75, 3.05) is 18.5 Å². The molecule has 3 aromatic carbocycles. The number of anilines is 1. The van der Waals surface area contributed by atoms with Crippen LogP contribution in [0, 0.1) is 0 Å². The molecule has 0 saturated carbocycles. The number of amides is 1. The largest absolute Gasteiger partial charge is 0.494 e. The van der Waals surface area contributed by atoms with Gasteiger partial charge in [0.05, 0.1) is 18.8 Å². The second-order valence-electron chi connectivity index (χ2n) is 7.21. The molecular weight excluding hydrogens is 420 g/mol. The quantitative estimate of drug-likeness (QED) is 0.312. The number of thiocarbonyl (C=S) groups is 1. The minimum absolute atomic E-state index is 0.216. The fourth-order valence-corrected chi connectivity index (χ4v) is 3.22. The Hall–Kier alpha value is -3.38. The highest BCUT2D eigenvalue weighted by Gasteiger charge is 2.13. The van der Waals surface area contributed by atoms with Gasteiger partial charge in [0.15, 0.2) is 5.11 Å². The monoisotopic (exact) mass is 448 g/mol. The summed E-state index contributed by atoms with van der Waals surface area (Å²) >= 11 is 5.31. The van der Waals surface area contributed by atoms with Crippen molar-refractivity contribution in [3.05, 3.63) is 90.0 Å². The van der Waals surface area contributed by atoms with Crippen LogP contribution in [-0.2, 0) is 6.42 Å². The molecule has 0 atom stereocenters. The van der Waals surface area contributed by atoms with Crippen molar-refractivity contribution in [1.82, 2.24) is 5.32 Å². The Morgan fingerprint density at radius 1 is 0.875 bits per heavy atom. The van der Waals surface area contributed by atoms with Crippen LogP contribution in [0.15, 0.2) is 78.9 Å². The Kier molecular flexibility index (Phi) is 9.07.